The van der Waals surface area contributed by atoms with E-state index in [1.54, 1.807) is 60.7 Å². The van der Waals surface area contributed by atoms with Crippen LogP contribution in [-0.4, -0.2) is 11.9 Å². The molecule has 0 atom stereocenters. The molecule has 0 saturated carbocycles. The number of rotatable bonds is 4. The molecule has 2 aromatic rings. The number of hydrazine groups is 1. The average molecular weight is 256 g/mol. The van der Waals surface area contributed by atoms with Crippen LogP contribution >= 0.6 is 0 Å². The van der Waals surface area contributed by atoms with E-state index in [0.717, 1.165) is 0 Å². The number of carbonyl (C=O) groups excluding carboxylic acids is 2. The van der Waals surface area contributed by atoms with Gasteiger partial charge >= 0.3 is 5.97 Å². The molecule has 96 valence electrons. The zero-order valence-electron chi connectivity index (χ0n) is 10.00. The predicted octanol–water partition coefficient (Wildman–Crippen LogP) is 1.69. The van der Waals surface area contributed by atoms with E-state index < -0.39 is 5.97 Å². The summed E-state index contributed by atoms with van der Waals surface area (Å²) in [5.74, 6) is -0.963. The first kappa shape index (κ1) is 12.8. The van der Waals surface area contributed by atoms with Gasteiger partial charge in [0, 0.05) is 5.56 Å². The summed E-state index contributed by atoms with van der Waals surface area (Å²) in [7, 11) is 0. The lowest BCUT2D eigenvalue weighted by Crippen LogP contribution is -2.38. The second kappa shape index (κ2) is 6.32. The summed E-state index contributed by atoms with van der Waals surface area (Å²) in [5.41, 5.74) is 5.26. The molecular weight excluding hydrogens is 244 g/mol. The smallest absolute Gasteiger partial charge is 0.346 e. The van der Waals surface area contributed by atoms with Crippen LogP contribution in [0.2, 0.25) is 0 Å². The van der Waals surface area contributed by atoms with Crippen molar-refractivity contribution >= 4 is 11.9 Å². The molecule has 1 amide bonds. The van der Waals surface area contributed by atoms with Gasteiger partial charge in [0.2, 0.25) is 0 Å². The molecular formula is C14H12N2O3. The Balaban J connectivity index is 1.81. The van der Waals surface area contributed by atoms with E-state index in [0.29, 0.717) is 11.1 Å². The van der Waals surface area contributed by atoms with E-state index in [1.165, 1.54) is 0 Å². The highest BCUT2D eigenvalue weighted by molar-refractivity contribution is 5.94. The van der Waals surface area contributed by atoms with E-state index in [2.05, 4.69) is 11.0 Å². The lowest BCUT2D eigenvalue weighted by Gasteiger charge is -2.07. The lowest BCUT2D eigenvalue weighted by molar-refractivity contribution is 0.0137. The van der Waals surface area contributed by atoms with Gasteiger partial charge in [-0.2, -0.15) is 0 Å². The van der Waals surface area contributed by atoms with Gasteiger partial charge in [0.15, 0.2) is 0 Å². The molecule has 0 aliphatic carbocycles. The van der Waals surface area contributed by atoms with Crippen LogP contribution in [0.25, 0.3) is 0 Å². The van der Waals surface area contributed by atoms with Crippen molar-refractivity contribution < 1.29 is 14.4 Å². The molecule has 0 fully saturated rings. The van der Waals surface area contributed by atoms with Crippen molar-refractivity contribution in [2.24, 2.45) is 0 Å². The normalized spacial score (nSPS) is 9.68. The number of nitrogens with one attached hydrogen (secondary N) is 2. The van der Waals surface area contributed by atoms with Gasteiger partial charge in [-0.25, -0.2) is 4.79 Å². The van der Waals surface area contributed by atoms with Crippen molar-refractivity contribution in [2.45, 2.75) is 0 Å². The van der Waals surface area contributed by atoms with Gasteiger partial charge in [-0.05, 0) is 24.3 Å². The second-order valence-electron chi connectivity index (χ2n) is 3.68. The van der Waals surface area contributed by atoms with Crippen molar-refractivity contribution in [1.29, 1.82) is 0 Å². The van der Waals surface area contributed by atoms with Crippen molar-refractivity contribution in [2.75, 3.05) is 0 Å². The Labute approximate surface area is 110 Å². The molecule has 2 rings (SSSR count). The van der Waals surface area contributed by atoms with Crippen LogP contribution in [0.5, 0.6) is 0 Å². The third-order valence-corrected chi connectivity index (χ3v) is 2.35. The predicted molar refractivity (Wildman–Crippen MR) is 68.9 cm³/mol. The Morgan fingerprint density at radius 3 is 1.89 bits per heavy atom. The number of benzene rings is 2. The molecule has 5 heteroatoms. The highest BCUT2D eigenvalue weighted by atomic mass is 16.7. The largest absolute Gasteiger partial charge is 0.358 e. The summed E-state index contributed by atoms with van der Waals surface area (Å²) in [6.07, 6.45) is 0. The summed E-state index contributed by atoms with van der Waals surface area (Å²) in [6.45, 7) is 0. The fourth-order valence-electron chi connectivity index (χ4n) is 1.41. The Kier molecular flexibility index (Phi) is 4.25. The fraction of sp³-hybridized carbons (Fsp3) is 0. The molecule has 0 heterocycles. The third kappa shape index (κ3) is 3.65. The quantitative estimate of drug-likeness (QED) is 0.817. The van der Waals surface area contributed by atoms with Gasteiger partial charge in [0.05, 0.1) is 5.56 Å². The number of amides is 1. The minimum Gasteiger partial charge on any atom is -0.346 e. The Bertz CT molecular complexity index is 504. The lowest BCUT2D eigenvalue weighted by atomic mass is 10.2. The Morgan fingerprint density at radius 1 is 0.789 bits per heavy atom. The maximum absolute atomic E-state index is 11.6. The van der Waals surface area contributed by atoms with Crippen molar-refractivity contribution in [3.63, 3.8) is 0 Å². The number of carbonyl (C=O) groups is 2. The van der Waals surface area contributed by atoms with Gasteiger partial charge in [0.1, 0.15) is 0 Å². The monoisotopic (exact) mass is 256 g/mol. The summed E-state index contributed by atoms with van der Waals surface area (Å²) in [5, 5.41) is 0. The molecule has 0 spiro atoms. The van der Waals surface area contributed by atoms with Crippen LogP contribution in [0.3, 0.4) is 0 Å². The standard InChI is InChI=1S/C14H12N2O3/c17-13(11-7-3-1-4-8-11)15-16-19-14(18)12-9-5-2-6-10-12/h1-10,16H,(H,15,17). The van der Waals surface area contributed by atoms with Crippen LogP contribution in [0.4, 0.5) is 0 Å². The first-order valence-corrected chi connectivity index (χ1v) is 5.64. The highest BCUT2D eigenvalue weighted by Crippen LogP contribution is 2.00. The van der Waals surface area contributed by atoms with Crippen molar-refractivity contribution in [3.05, 3.63) is 71.8 Å². The molecule has 2 N–H and O–H groups in total. The van der Waals surface area contributed by atoms with Crippen LogP contribution in [0.15, 0.2) is 60.7 Å². The molecule has 0 radical (unpaired) electrons. The zero-order chi connectivity index (χ0) is 13.5. The van der Waals surface area contributed by atoms with Crippen LogP contribution in [0.1, 0.15) is 20.7 Å². The molecule has 0 aliphatic heterocycles. The Hall–Kier alpha value is -2.66. The minimum absolute atomic E-state index is 0.388. The van der Waals surface area contributed by atoms with Crippen LogP contribution in [0, 0.1) is 0 Å². The van der Waals surface area contributed by atoms with E-state index in [4.69, 9.17) is 4.84 Å². The molecule has 0 aliphatic rings. The molecule has 0 saturated heterocycles. The summed E-state index contributed by atoms with van der Waals surface area (Å²) in [6, 6.07) is 17.0. The SMILES string of the molecule is O=C(NNOC(=O)c1ccccc1)c1ccccc1. The van der Waals surface area contributed by atoms with Gasteiger partial charge in [0.25, 0.3) is 5.91 Å². The number of hydrogen-bond donors (Lipinski definition) is 2. The second-order valence-corrected chi connectivity index (χ2v) is 3.68. The summed E-state index contributed by atoms with van der Waals surface area (Å²) >= 11 is 0. The number of hydrogen-bond acceptors (Lipinski definition) is 4. The topological polar surface area (TPSA) is 67.4 Å². The van der Waals surface area contributed by atoms with Crippen molar-refractivity contribution in [1.82, 2.24) is 11.0 Å². The maximum Gasteiger partial charge on any atom is 0.358 e. The van der Waals surface area contributed by atoms with E-state index in [1.807, 2.05) is 0 Å². The minimum atomic E-state index is -0.575. The van der Waals surface area contributed by atoms with E-state index >= 15 is 0 Å². The average Bonchev–Trinajstić information content (AvgIpc) is 2.49. The van der Waals surface area contributed by atoms with Gasteiger partial charge in [-0.1, -0.05) is 42.0 Å². The first-order chi connectivity index (χ1) is 9.27. The van der Waals surface area contributed by atoms with E-state index in [9.17, 15) is 9.59 Å². The maximum atomic E-state index is 11.6. The van der Waals surface area contributed by atoms with Crippen LogP contribution < -0.4 is 11.0 Å². The summed E-state index contributed by atoms with van der Waals surface area (Å²) < 4.78 is 0. The molecule has 2 aromatic carbocycles. The molecule has 0 unspecified atom stereocenters. The first-order valence-electron chi connectivity index (χ1n) is 5.64. The van der Waals surface area contributed by atoms with E-state index in [-0.39, 0.29) is 5.91 Å². The molecule has 5 nitrogen and oxygen atoms in total. The Morgan fingerprint density at radius 2 is 1.32 bits per heavy atom. The fourth-order valence-corrected chi connectivity index (χ4v) is 1.41. The zero-order valence-corrected chi connectivity index (χ0v) is 10.00. The van der Waals surface area contributed by atoms with Crippen molar-refractivity contribution in [3.8, 4) is 0 Å². The van der Waals surface area contributed by atoms with Crippen LogP contribution in [-0.2, 0) is 4.84 Å². The molecule has 0 bridgehead atoms. The van der Waals surface area contributed by atoms with Gasteiger partial charge in [-0.15, -0.1) is 0 Å². The van der Waals surface area contributed by atoms with Gasteiger partial charge in [-0.3, -0.25) is 10.2 Å². The highest BCUT2D eigenvalue weighted by Gasteiger charge is 2.07. The molecule has 0 aromatic heterocycles. The molecule has 19 heavy (non-hydrogen) atoms. The van der Waals surface area contributed by atoms with Gasteiger partial charge < -0.3 is 4.84 Å². The third-order valence-electron chi connectivity index (χ3n) is 2.35. The summed E-state index contributed by atoms with van der Waals surface area (Å²) in [4.78, 5) is 27.8.